The van der Waals surface area contributed by atoms with E-state index in [2.05, 4.69) is 5.32 Å². The monoisotopic (exact) mass is 403 g/mol. The zero-order valence-corrected chi connectivity index (χ0v) is 16.2. The number of anilines is 1. The lowest BCUT2D eigenvalue weighted by atomic mass is 10.1. The molecule has 1 N–H and O–H groups in total. The average molecular weight is 403 g/mol. The van der Waals surface area contributed by atoms with Crippen LogP contribution in [-0.2, 0) is 26.0 Å². The lowest BCUT2D eigenvalue weighted by Crippen LogP contribution is -2.18. The van der Waals surface area contributed by atoms with Gasteiger partial charge in [-0.15, -0.1) is 0 Å². The van der Waals surface area contributed by atoms with E-state index < -0.39 is 21.7 Å². The Morgan fingerprint density at radius 3 is 2.32 bits per heavy atom. The topological polar surface area (TPSA) is 98.8 Å². The van der Waals surface area contributed by atoms with Gasteiger partial charge in [0.2, 0.25) is 0 Å². The number of hydrogen-bond donors (Lipinski definition) is 1. The molecule has 1 aliphatic heterocycles. The molecule has 0 spiro atoms. The second-order valence-electron chi connectivity index (χ2n) is 6.59. The first kappa shape index (κ1) is 19.9. The molecule has 0 bridgehead atoms. The van der Waals surface area contributed by atoms with Crippen LogP contribution < -0.4 is 10.1 Å². The molecule has 0 radical (unpaired) electrons. The van der Waals surface area contributed by atoms with Crippen LogP contribution in [-0.4, -0.2) is 38.9 Å². The van der Waals surface area contributed by atoms with Crippen LogP contribution in [0.25, 0.3) is 0 Å². The highest BCUT2D eigenvalue weighted by Crippen LogP contribution is 2.20. The fourth-order valence-corrected chi connectivity index (χ4v) is 4.61. The molecule has 1 atom stereocenters. The second kappa shape index (κ2) is 8.43. The quantitative estimate of drug-likeness (QED) is 0.744. The van der Waals surface area contributed by atoms with Crippen LogP contribution in [0.4, 0.5) is 5.69 Å². The number of ether oxygens (including phenoxy) is 2. The number of carbonyl (C=O) groups excluding carboxylic acids is 2. The maximum atomic E-state index is 12.3. The Kier molecular flexibility index (Phi) is 5.99. The number of hydrogen-bond acceptors (Lipinski definition) is 6. The zero-order chi connectivity index (χ0) is 20.1. The predicted octanol–water partition coefficient (Wildman–Crippen LogP) is 2.43. The van der Waals surface area contributed by atoms with Crippen LogP contribution >= 0.6 is 0 Å². The highest BCUT2D eigenvalue weighted by Gasteiger charge is 2.34. The van der Waals surface area contributed by atoms with Gasteiger partial charge in [0.05, 0.1) is 24.5 Å². The van der Waals surface area contributed by atoms with Crippen LogP contribution in [0.2, 0.25) is 0 Å². The molecule has 1 fully saturated rings. The molecular formula is C20H21NO6S. The number of carbonyl (C=O) groups is 2. The van der Waals surface area contributed by atoms with Crippen molar-refractivity contribution in [1.29, 1.82) is 0 Å². The molecule has 0 saturated carbocycles. The number of methoxy groups -OCH3 is 1. The Labute approximate surface area is 163 Å². The van der Waals surface area contributed by atoms with Crippen molar-refractivity contribution in [3.8, 4) is 5.75 Å². The predicted molar refractivity (Wildman–Crippen MR) is 104 cm³/mol. The van der Waals surface area contributed by atoms with Gasteiger partial charge in [0, 0.05) is 11.3 Å². The summed E-state index contributed by atoms with van der Waals surface area (Å²) in [7, 11) is -1.55. The van der Waals surface area contributed by atoms with Crippen LogP contribution in [0.5, 0.6) is 5.75 Å². The normalized spacial score (nSPS) is 17.7. The van der Waals surface area contributed by atoms with Crippen LogP contribution in [0, 0.1) is 5.92 Å². The summed E-state index contributed by atoms with van der Waals surface area (Å²) >= 11 is 0. The zero-order valence-electron chi connectivity index (χ0n) is 15.4. The minimum atomic E-state index is -3.12. The van der Waals surface area contributed by atoms with Gasteiger partial charge in [-0.25, -0.2) is 8.42 Å². The number of benzene rings is 2. The van der Waals surface area contributed by atoms with Gasteiger partial charge >= 0.3 is 5.97 Å². The van der Waals surface area contributed by atoms with Crippen molar-refractivity contribution in [2.75, 3.05) is 23.9 Å². The first-order chi connectivity index (χ1) is 13.4. The third kappa shape index (κ3) is 5.10. The van der Waals surface area contributed by atoms with Crippen molar-refractivity contribution in [1.82, 2.24) is 0 Å². The molecule has 0 aliphatic carbocycles. The second-order valence-corrected chi connectivity index (χ2v) is 8.82. The maximum absolute atomic E-state index is 12.3. The smallest absolute Gasteiger partial charge is 0.310 e. The lowest BCUT2D eigenvalue weighted by molar-refractivity contribution is -0.149. The SMILES string of the molecule is COc1ccc(NC(=O)c2ccc(COC(=O)C3CCS(=O)(=O)C3)cc2)cc1. The molecule has 8 heteroatoms. The average Bonchev–Trinajstić information content (AvgIpc) is 3.07. The van der Waals surface area contributed by atoms with Crippen molar-refractivity contribution < 1.29 is 27.5 Å². The number of sulfone groups is 1. The summed E-state index contributed by atoms with van der Waals surface area (Å²) in [4.78, 5) is 24.3. The molecule has 1 amide bonds. The van der Waals surface area contributed by atoms with E-state index in [-0.39, 0.29) is 24.0 Å². The van der Waals surface area contributed by atoms with Gasteiger partial charge in [-0.05, 0) is 48.4 Å². The van der Waals surface area contributed by atoms with Crippen LogP contribution in [0.15, 0.2) is 48.5 Å². The Morgan fingerprint density at radius 1 is 1.07 bits per heavy atom. The molecule has 2 aromatic carbocycles. The summed E-state index contributed by atoms with van der Waals surface area (Å²) in [5, 5.41) is 2.79. The maximum Gasteiger partial charge on any atom is 0.310 e. The van der Waals surface area contributed by atoms with Gasteiger partial charge in [0.25, 0.3) is 5.91 Å². The largest absolute Gasteiger partial charge is 0.497 e. The van der Waals surface area contributed by atoms with Crippen molar-refractivity contribution in [2.24, 2.45) is 5.92 Å². The fraction of sp³-hybridized carbons (Fsp3) is 0.300. The standard InChI is InChI=1S/C20H21NO6S/c1-26-18-8-6-17(7-9-18)21-19(22)15-4-2-14(3-5-15)12-27-20(23)16-10-11-28(24,25)13-16/h2-9,16H,10-13H2,1H3,(H,21,22). The summed E-state index contributed by atoms with van der Waals surface area (Å²) in [6.45, 7) is 0.0375. The molecule has 1 heterocycles. The van der Waals surface area contributed by atoms with Gasteiger partial charge in [-0.1, -0.05) is 12.1 Å². The number of nitrogens with one attached hydrogen (secondary N) is 1. The molecule has 148 valence electrons. The van der Waals surface area contributed by atoms with E-state index in [0.717, 1.165) is 5.56 Å². The van der Waals surface area contributed by atoms with E-state index in [9.17, 15) is 18.0 Å². The van der Waals surface area contributed by atoms with E-state index in [4.69, 9.17) is 9.47 Å². The first-order valence-corrected chi connectivity index (χ1v) is 10.6. The van der Waals surface area contributed by atoms with Crippen LogP contribution in [0.1, 0.15) is 22.3 Å². The first-order valence-electron chi connectivity index (χ1n) is 8.78. The lowest BCUT2D eigenvalue weighted by Gasteiger charge is -2.10. The van der Waals surface area contributed by atoms with Gasteiger partial charge in [0.1, 0.15) is 12.4 Å². The minimum absolute atomic E-state index is 0.0325. The Balaban J connectivity index is 1.52. The summed E-state index contributed by atoms with van der Waals surface area (Å²) < 4.78 is 33.1. The molecule has 3 rings (SSSR count). The number of amides is 1. The fourth-order valence-electron chi connectivity index (χ4n) is 2.88. The molecule has 2 aromatic rings. The summed E-state index contributed by atoms with van der Waals surface area (Å²) in [5.41, 5.74) is 1.83. The highest BCUT2D eigenvalue weighted by molar-refractivity contribution is 7.91. The number of esters is 1. The summed E-state index contributed by atoms with van der Waals surface area (Å²) in [6.07, 6.45) is 0.311. The molecule has 28 heavy (non-hydrogen) atoms. The summed E-state index contributed by atoms with van der Waals surface area (Å²) in [6, 6.07) is 13.7. The third-order valence-corrected chi connectivity index (χ3v) is 6.28. The molecular weight excluding hydrogens is 382 g/mol. The van der Waals surface area contributed by atoms with E-state index in [1.165, 1.54) is 0 Å². The Hall–Kier alpha value is -2.87. The molecule has 7 nitrogen and oxygen atoms in total. The van der Waals surface area contributed by atoms with E-state index >= 15 is 0 Å². The van der Waals surface area contributed by atoms with E-state index in [0.29, 0.717) is 23.4 Å². The van der Waals surface area contributed by atoms with Crippen molar-refractivity contribution in [2.45, 2.75) is 13.0 Å². The molecule has 1 saturated heterocycles. The Bertz CT molecular complexity index is 951. The molecule has 1 unspecified atom stereocenters. The van der Waals surface area contributed by atoms with Crippen molar-refractivity contribution >= 4 is 27.4 Å². The third-order valence-electron chi connectivity index (χ3n) is 4.51. The van der Waals surface area contributed by atoms with Gasteiger partial charge in [-0.2, -0.15) is 0 Å². The number of rotatable bonds is 6. The van der Waals surface area contributed by atoms with E-state index in [1.54, 1.807) is 55.6 Å². The van der Waals surface area contributed by atoms with Crippen molar-refractivity contribution in [3.05, 3.63) is 59.7 Å². The molecule has 1 aliphatic rings. The minimum Gasteiger partial charge on any atom is -0.497 e. The van der Waals surface area contributed by atoms with Crippen molar-refractivity contribution in [3.63, 3.8) is 0 Å². The van der Waals surface area contributed by atoms with Crippen LogP contribution in [0.3, 0.4) is 0 Å². The summed E-state index contributed by atoms with van der Waals surface area (Å²) in [5.74, 6) is -0.750. The highest BCUT2D eigenvalue weighted by atomic mass is 32.2. The van der Waals surface area contributed by atoms with Gasteiger partial charge < -0.3 is 14.8 Å². The van der Waals surface area contributed by atoms with E-state index in [1.807, 2.05) is 0 Å². The van der Waals surface area contributed by atoms with Gasteiger partial charge in [-0.3, -0.25) is 9.59 Å². The molecule has 0 aromatic heterocycles. The van der Waals surface area contributed by atoms with Gasteiger partial charge in [0.15, 0.2) is 9.84 Å². The Morgan fingerprint density at radius 2 is 1.75 bits per heavy atom.